The van der Waals surface area contributed by atoms with E-state index < -0.39 is 0 Å². The van der Waals surface area contributed by atoms with Crippen LogP contribution >= 0.6 is 11.3 Å². The Bertz CT molecular complexity index is 918. The number of carbonyl (C=O) groups is 1. The highest BCUT2D eigenvalue weighted by atomic mass is 32.1. The highest BCUT2D eigenvalue weighted by molar-refractivity contribution is 7.09. The molecule has 29 heavy (non-hydrogen) atoms. The molecule has 1 unspecified atom stereocenters. The van der Waals surface area contributed by atoms with Crippen molar-refractivity contribution in [3.8, 4) is 11.3 Å². The number of nitrogens with zero attached hydrogens (tertiary/aromatic N) is 3. The summed E-state index contributed by atoms with van der Waals surface area (Å²) in [5.41, 5.74) is 3.34. The second-order valence-electron chi connectivity index (χ2n) is 7.47. The van der Waals surface area contributed by atoms with Gasteiger partial charge in [0.05, 0.1) is 18.2 Å². The minimum absolute atomic E-state index is 0.0323. The molecule has 1 amide bonds. The van der Waals surface area contributed by atoms with Gasteiger partial charge in [0.15, 0.2) is 0 Å². The van der Waals surface area contributed by atoms with Crippen molar-refractivity contribution in [1.82, 2.24) is 14.8 Å². The van der Waals surface area contributed by atoms with Gasteiger partial charge in [0.2, 0.25) is 5.91 Å². The van der Waals surface area contributed by atoms with E-state index in [4.69, 9.17) is 4.98 Å². The van der Waals surface area contributed by atoms with Gasteiger partial charge in [-0.1, -0.05) is 67.6 Å². The van der Waals surface area contributed by atoms with Crippen LogP contribution < -0.4 is 0 Å². The van der Waals surface area contributed by atoms with Gasteiger partial charge in [-0.2, -0.15) is 0 Å². The zero-order chi connectivity index (χ0) is 20.1. The fraction of sp³-hybridized carbons (Fsp3) is 0.333. The highest BCUT2D eigenvalue weighted by Gasteiger charge is 2.27. The molecule has 3 aromatic rings. The van der Waals surface area contributed by atoms with Crippen molar-refractivity contribution < 1.29 is 4.79 Å². The number of piperazine rings is 1. The fourth-order valence-electron chi connectivity index (χ4n) is 3.90. The molecule has 150 valence electrons. The summed E-state index contributed by atoms with van der Waals surface area (Å²) in [5.74, 6) is 0.231. The molecule has 2 aromatic carbocycles. The number of amides is 1. The molecule has 1 aliphatic heterocycles. The van der Waals surface area contributed by atoms with Gasteiger partial charge in [-0.15, -0.1) is 11.3 Å². The van der Waals surface area contributed by atoms with Crippen LogP contribution in [0.3, 0.4) is 0 Å². The summed E-state index contributed by atoms with van der Waals surface area (Å²) in [6.07, 6.45) is 0.838. The molecule has 0 aliphatic carbocycles. The van der Waals surface area contributed by atoms with Gasteiger partial charge >= 0.3 is 0 Å². The SMILES string of the molecule is CCC(C(=O)N1CCN(Cc2nc(-c3ccccc3)cs2)CC1)c1ccccc1. The van der Waals surface area contributed by atoms with E-state index >= 15 is 0 Å². The fourth-order valence-corrected chi connectivity index (χ4v) is 4.75. The Kier molecular flexibility index (Phi) is 6.37. The Balaban J connectivity index is 1.33. The van der Waals surface area contributed by atoms with E-state index in [1.807, 2.05) is 41.3 Å². The molecule has 1 atom stereocenters. The summed E-state index contributed by atoms with van der Waals surface area (Å²) in [5, 5.41) is 3.27. The first-order chi connectivity index (χ1) is 14.2. The quantitative estimate of drug-likeness (QED) is 0.599. The topological polar surface area (TPSA) is 36.4 Å². The van der Waals surface area contributed by atoms with Crippen LogP contribution in [0.25, 0.3) is 11.3 Å². The van der Waals surface area contributed by atoms with Gasteiger partial charge in [-0.25, -0.2) is 4.98 Å². The summed E-state index contributed by atoms with van der Waals surface area (Å²) in [6, 6.07) is 20.5. The molecule has 1 aromatic heterocycles. The number of carbonyl (C=O) groups excluding carboxylic acids is 1. The van der Waals surface area contributed by atoms with E-state index in [0.717, 1.165) is 61.0 Å². The van der Waals surface area contributed by atoms with Crippen molar-refractivity contribution >= 4 is 17.2 Å². The van der Waals surface area contributed by atoms with Gasteiger partial charge in [0.1, 0.15) is 5.01 Å². The van der Waals surface area contributed by atoms with E-state index in [0.29, 0.717) is 0 Å². The molecule has 1 fully saturated rings. The molecule has 0 N–H and O–H groups in total. The van der Waals surface area contributed by atoms with Gasteiger partial charge in [0, 0.05) is 37.1 Å². The normalized spacial score (nSPS) is 16.0. The van der Waals surface area contributed by atoms with E-state index in [2.05, 4.69) is 41.5 Å². The third-order valence-corrected chi connectivity index (χ3v) is 6.41. The van der Waals surface area contributed by atoms with Crippen LogP contribution in [-0.2, 0) is 11.3 Å². The summed E-state index contributed by atoms with van der Waals surface area (Å²) in [4.78, 5) is 22.3. The van der Waals surface area contributed by atoms with Crippen LogP contribution in [-0.4, -0.2) is 46.9 Å². The number of hydrogen-bond donors (Lipinski definition) is 0. The van der Waals surface area contributed by atoms with E-state index in [1.54, 1.807) is 11.3 Å². The molecule has 5 heteroatoms. The van der Waals surface area contributed by atoms with E-state index in [9.17, 15) is 4.79 Å². The predicted molar refractivity (Wildman–Crippen MR) is 119 cm³/mol. The number of rotatable bonds is 6. The van der Waals surface area contributed by atoms with Crippen molar-refractivity contribution in [2.45, 2.75) is 25.8 Å². The zero-order valence-corrected chi connectivity index (χ0v) is 17.6. The van der Waals surface area contributed by atoms with Crippen LogP contribution in [0.4, 0.5) is 0 Å². The van der Waals surface area contributed by atoms with Crippen molar-refractivity contribution in [3.05, 3.63) is 76.6 Å². The summed E-state index contributed by atoms with van der Waals surface area (Å²) < 4.78 is 0. The van der Waals surface area contributed by atoms with Gasteiger partial charge in [-0.3, -0.25) is 9.69 Å². The Morgan fingerprint density at radius 3 is 2.31 bits per heavy atom. The van der Waals surface area contributed by atoms with Crippen LogP contribution in [0.5, 0.6) is 0 Å². The number of hydrogen-bond acceptors (Lipinski definition) is 4. The third kappa shape index (κ3) is 4.74. The van der Waals surface area contributed by atoms with E-state index in [1.165, 1.54) is 0 Å². The maximum absolute atomic E-state index is 13.1. The molecule has 4 rings (SSSR count). The lowest BCUT2D eigenvalue weighted by Gasteiger charge is -2.36. The molecule has 0 radical (unpaired) electrons. The molecule has 0 bridgehead atoms. The standard InChI is InChI=1S/C24H27N3OS/c1-2-21(19-9-5-3-6-10-19)24(28)27-15-13-26(14-16-27)17-23-25-22(18-29-23)20-11-7-4-8-12-20/h3-12,18,21H,2,13-17H2,1H3. The Hall–Kier alpha value is -2.50. The molecule has 1 saturated heterocycles. The van der Waals surface area contributed by atoms with Crippen LogP contribution in [0, 0.1) is 0 Å². The minimum Gasteiger partial charge on any atom is -0.340 e. The number of benzene rings is 2. The first-order valence-electron chi connectivity index (χ1n) is 10.3. The number of aromatic nitrogens is 1. The highest BCUT2D eigenvalue weighted by Crippen LogP contribution is 2.25. The first kappa shape index (κ1) is 19.8. The van der Waals surface area contributed by atoms with Crippen LogP contribution in [0.1, 0.15) is 29.8 Å². The molecule has 0 saturated carbocycles. The molecule has 1 aliphatic rings. The molecular formula is C24H27N3OS. The predicted octanol–water partition coefficient (Wildman–Crippen LogP) is 4.65. The van der Waals surface area contributed by atoms with Crippen molar-refractivity contribution in [3.63, 3.8) is 0 Å². The lowest BCUT2D eigenvalue weighted by Crippen LogP contribution is -2.49. The summed E-state index contributed by atoms with van der Waals surface area (Å²) >= 11 is 1.72. The summed E-state index contributed by atoms with van der Waals surface area (Å²) in [7, 11) is 0. The lowest BCUT2D eigenvalue weighted by molar-refractivity contribution is -0.134. The van der Waals surface area contributed by atoms with Gasteiger partial charge < -0.3 is 4.90 Å². The largest absolute Gasteiger partial charge is 0.340 e. The molecule has 2 heterocycles. The average molecular weight is 406 g/mol. The maximum Gasteiger partial charge on any atom is 0.230 e. The van der Waals surface area contributed by atoms with Crippen molar-refractivity contribution in [2.24, 2.45) is 0 Å². The molecule has 0 spiro atoms. The third-order valence-electron chi connectivity index (χ3n) is 5.57. The van der Waals surface area contributed by atoms with E-state index in [-0.39, 0.29) is 11.8 Å². The van der Waals surface area contributed by atoms with Crippen molar-refractivity contribution in [1.29, 1.82) is 0 Å². The Morgan fingerprint density at radius 1 is 1.00 bits per heavy atom. The first-order valence-corrected chi connectivity index (χ1v) is 11.2. The smallest absolute Gasteiger partial charge is 0.230 e. The average Bonchev–Trinajstić information content (AvgIpc) is 3.25. The summed E-state index contributed by atoms with van der Waals surface area (Å²) in [6.45, 7) is 6.33. The Morgan fingerprint density at radius 2 is 1.66 bits per heavy atom. The lowest BCUT2D eigenvalue weighted by atomic mass is 9.95. The zero-order valence-electron chi connectivity index (χ0n) is 16.8. The second-order valence-corrected chi connectivity index (χ2v) is 8.41. The van der Waals surface area contributed by atoms with Gasteiger partial charge in [0.25, 0.3) is 0 Å². The van der Waals surface area contributed by atoms with Crippen molar-refractivity contribution in [2.75, 3.05) is 26.2 Å². The second kappa shape index (κ2) is 9.33. The van der Waals surface area contributed by atoms with Crippen LogP contribution in [0.2, 0.25) is 0 Å². The monoisotopic (exact) mass is 405 g/mol. The number of thiazole rings is 1. The minimum atomic E-state index is -0.0323. The van der Waals surface area contributed by atoms with Gasteiger partial charge in [-0.05, 0) is 12.0 Å². The molecule has 4 nitrogen and oxygen atoms in total. The maximum atomic E-state index is 13.1. The van der Waals surface area contributed by atoms with Crippen LogP contribution in [0.15, 0.2) is 66.0 Å². The molecular weight excluding hydrogens is 378 g/mol. The Labute approximate surface area is 176 Å².